The molecule has 0 saturated heterocycles. The molecule has 0 heterocycles. The summed E-state index contributed by atoms with van der Waals surface area (Å²) in [5.74, 6) is 0. The average Bonchev–Trinajstić information content (AvgIpc) is 2.03. The first-order chi connectivity index (χ1) is 6.13. The predicted molar refractivity (Wildman–Crippen MR) is 61.3 cm³/mol. The van der Waals surface area contributed by atoms with E-state index in [0.717, 1.165) is 14.5 Å². The summed E-state index contributed by atoms with van der Waals surface area (Å²) in [6.45, 7) is 0. The molecule has 0 aliphatic heterocycles. The SMILES string of the molecule is N#C/C=C(/Cl)c1cc(Br)cc(Br)c1. The van der Waals surface area contributed by atoms with E-state index in [2.05, 4.69) is 31.9 Å². The van der Waals surface area contributed by atoms with Crippen molar-refractivity contribution in [3.8, 4) is 6.07 Å². The molecule has 0 amide bonds. The highest BCUT2D eigenvalue weighted by molar-refractivity contribution is 9.11. The van der Waals surface area contributed by atoms with E-state index in [4.69, 9.17) is 16.9 Å². The van der Waals surface area contributed by atoms with Gasteiger partial charge >= 0.3 is 0 Å². The lowest BCUT2D eigenvalue weighted by molar-refractivity contribution is 1.53. The highest BCUT2D eigenvalue weighted by Crippen LogP contribution is 2.26. The molecule has 0 unspecified atom stereocenters. The molecule has 0 saturated carbocycles. The summed E-state index contributed by atoms with van der Waals surface area (Å²) < 4.78 is 1.84. The van der Waals surface area contributed by atoms with Crippen molar-refractivity contribution in [2.45, 2.75) is 0 Å². The van der Waals surface area contributed by atoms with Gasteiger partial charge in [0.25, 0.3) is 0 Å². The van der Waals surface area contributed by atoms with Crippen LogP contribution in [0, 0.1) is 11.3 Å². The summed E-state index contributed by atoms with van der Waals surface area (Å²) in [5, 5.41) is 8.84. The Kier molecular flexibility index (Phi) is 3.98. The number of nitriles is 1. The molecule has 1 rings (SSSR count). The van der Waals surface area contributed by atoms with Crippen LogP contribution in [0.25, 0.3) is 5.03 Å². The van der Waals surface area contributed by atoms with E-state index in [9.17, 15) is 0 Å². The first kappa shape index (κ1) is 10.8. The van der Waals surface area contributed by atoms with Crippen molar-refractivity contribution in [2.24, 2.45) is 0 Å². The van der Waals surface area contributed by atoms with Gasteiger partial charge in [0, 0.05) is 15.0 Å². The van der Waals surface area contributed by atoms with E-state index < -0.39 is 0 Å². The molecule has 0 fully saturated rings. The lowest BCUT2D eigenvalue weighted by atomic mass is 10.2. The smallest absolute Gasteiger partial charge is 0.0927 e. The number of allylic oxidation sites excluding steroid dienone is 1. The van der Waals surface area contributed by atoms with Crippen LogP contribution in [-0.2, 0) is 0 Å². The van der Waals surface area contributed by atoms with Crippen LogP contribution in [0.15, 0.2) is 33.2 Å². The van der Waals surface area contributed by atoms with Gasteiger partial charge in [-0.25, -0.2) is 0 Å². The van der Waals surface area contributed by atoms with Crippen LogP contribution in [-0.4, -0.2) is 0 Å². The number of benzene rings is 1. The molecule has 0 radical (unpaired) electrons. The summed E-state index contributed by atoms with van der Waals surface area (Å²) in [5.41, 5.74) is 0.810. The largest absolute Gasteiger partial charge is 0.193 e. The van der Waals surface area contributed by atoms with Crippen molar-refractivity contribution in [3.05, 3.63) is 38.8 Å². The number of nitrogens with zero attached hydrogens (tertiary/aromatic N) is 1. The van der Waals surface area contributed by atoms with Crippen molar-refractivity contribution in [1.29, 1.82) is 5.26 Å². The van der Waals surface area contributed by atoms with Crippen molar-refractivity contribution in [2.75, 3.05) is 0 Å². The Bertz CT molecular complexity index is 373. The van der Waals surface area contributed by atoms with Crippen molar-refractivity contribution < 1.29 is 0 Å². The molecule has 0 aliphatic carbocycles. The standard InChI is InChI=1S/C9H4Br2ClN/c10-7-3-6(4-8(11)5-7)9(12)1-2-13/h1,3-5H/b9-1+. The molecule has 66 valence electrons. The second-order valence-electron chi connectivity index (χ2n) is 2.28. The van der Waals surface area contributed by atoms with Gasteiger partial charge in [-0.2, -0.15) is 5.26 Å². The third-order valence-electron chi connectivity index (χ3n) is 1.33. The number of rotatable bonds is 1. The molecular formula is C9H4Br2ClN. The Balaban J connectivity index is 3.17. The Morgan fingerprint density at radius 3 is 2.31 bits per heavy atom. The highest BCUT2D eigenvalue weighted by Gasteiger charge is 2.00. The first-order valence-electron chi connectivity index (χ1n) is 3.35. The van der Waals surface area contributed by atoms with Gasteiger partial charge in [0.1, 0.15) is 0 Å². The van der Waals surface area contributed by atoms with Crippen LogP contribution in [0.2, 0.25) is 0 Å². The molecule has 1 aromatic carbocycles. The fourth-order valence-electron chi connectivity index (χ4n) is 0.832. The van der Waals surface area contributed by atoms with Crippen LogP contribution < -0.4 is 0 Å². The molecule has 0 N–H and O–H groups in total. The van der Waals surface area contributed by atoms with Crippen LogP contribution in [0.5, 0.6) is 0 Å². The van der Waals surface area contributed by atoms with Gasteiger partial charge < -0.3 is 0 Å². The molecule has 0 atom stereocenters. The van der Waals surface area contributed by atoms with Gasteiger partial charge in [-0.1, -0.05) is 43.5 Å². The third-order valence-corrected chi connectivity index (χ3v) is 2.57. The second-order valence-corrected chi connectivity index (χ2v) is 4.52. The lowest BCUT2D eigenvalue weighted by Gasteiger charge is -2.00. The zero-order valence-corrected chi connectivity index (χ0v) is 10.3. The molecule has 0 spiro atoms. The number of hydrogen-bond donors (Lipinski definition) is 0. The summed E-state index contributed by atoms with van der Waals surface area (Å²) in [6.07, 6.45) is 1.30. The summed E-state index contributed by atoms with van der Waals surface area (Å²) in [7, 11) is 0. The first-order valence-corrected chi connectivity index (χ1v) is 5.31. The zero-order chi connectivity index (χ0) is 9.84. The molecule has 13 heavy (non-hydrogen) atoms. The Morgan fingerprint density at radius 2 is 1.85 bits per heavy atom. The fraction of sp³-hybridized carbons (Fsp3) is 0. The van der Waals surface area contributed by atoms with Gasteiger partial charge in [-0.05, 0) is 23.8 Å². The van der Waals surface area contributed by atoms with E-state index in [1.807, 2.05) is 24.3 Å². The highest BCUT2D eigenvalue weighted by atomic mass is 79.9. The summed E-state index contributed by atoms with van der Waals surface area (Å²) >= 11 is 12.5. The molecule has 4 heteroatoms. The molecule has 1 nitrogen and oxygen atoms in total. The zero-order valence-electron chi connectivity index (χ0n) is 6.39. The molecule has 0 aromatic heterocycles. The quantitative estimate of drug-likeness (QED) is 0.707. The van der Waals surface area contributed by atoms with Crippen LogP contribution in [0.4, 0.5) is 0 Å². The maximum absolute atomic E-state index is 8.40. The maximum atomic E-state index is 8.40. The molecular weight excluding hydrogens is 317 g/mol. The van der Waals surface area contributed by atoms with Crippen molar-refractivity contribution >= 4 is 48.5 Å². The number of halogens is 3. The lowest BCUT2D eigenvalue weighted by Crippen LogP contribution is -1.78. The van der Waals surface area contributed by atoms with Crippen molar-refractivity contribution in [1.82, 2.24) is 0 Å². The minimum atomic E-state index is 0.435. The Hall–Kier alpha value is -0.300. The van der Waals surface area contributed by atoms with Gasteiger partial charge in [0.15, 0.2) is 0 Å². The topological polar surface area (TPSA) is 23.8 Å². The van der Waals surface area contributed by atoms with Crippen LogP contribution >= 0.6 is 43.5 Å². The maximum Gasteiger partial charge on any atom is 0.0927 e. The minimum Gasteiger partial charge on any atom is -0.193 e. The third kappa shape index (κ3) is 3.15. The van der Waals surface area contributed by atoms with Crippen molar-refractivity contribution in [3.63, 3.8) is 0 Å². The normalized spacial score (nSPS) is 11.1. The van der Waals surface area contributed by atoms with E-state index in [1.165, 1.54) is 6.08 Å². The van der Waals surface area contributed by atoms with Crippen LogP contribution in [0.3, 0.4) is 0 Å². The van der Waals surface area contributed by atoms with Gasteiger partial charge in [0.2, 0.25) is 0 Å². The Labute approximate surface area is 98.3 Å². The summed E-state index contributed by atoms with van der Waals surface area (Å²) in [4.78, 5) is 0. The molecule has 1 aromatic rings. The van der Waals surface area contributed by atoms with E-state index in [0.29, 0.717) is 5.03 Å². The molecule has 0 bridgehead atoms. The van der Waals surface area contributed by atoms with Gasteiger partial charge in [0.05, 0.1) is 11.1 Å². The van der Waals surface area contributed by atoms with E-state index >= 15 is 0 Å². The van der Waals surface area contributed by atoms with E-state index in [1.54, 1.807) is 0 Å². The van der Waals surface area contributed by atoms with Gasteiger partial charge in [-0.3, -0.25) is 0 Å². The monoisotopic (exact) mass is 319 g/mol. The predicted octanol–water partition coefficient (Wildman–Crippen LogP) is 4.31. The number of hydrogen-bond acceptors (Lipinski definition) is 1. The summed E-state index contributed by atoms with van der Waals surface area (Å²) in [6, 6.07) is 7.48. The average molecular weight is 321 g/mol. The van der Waals surface area contributed by atoms with Crippen LogP contribution in [0.1, 0.15) is 5.56 Å². The molecule has 0 aliphatic rings. The van der Waals surface area contributed by atoms with Gasteiger partial charge in [-0.15, -0.1) is 0 Å². The minimum absolute atomic E-state index is 0.435. The Morgan fingerprint density at radius 1 is 1.31 bits per heavy atom. The van der Waals surface area contributed by atoms with E-state index in [-0.39, 0.29) is 0 Å². The fourth-order valence-corrected chi connectivity index (χ4v) is 2.28. The second kappa shape index (κ2) is 4.80.